The Morgan fingerprint density at radius 2 is 2.23 bits per heavy atom. The van der Waals surface area contributed by atoms with E-state index in [1.54, 1.807) is 12.5 Å². The van der Waals surface area contributed by atoms with Crippen LogP contribution < -0.4 is 0 Å². The van der Waals surface area contributed by atoms with Gasteiger partial charge in [0.1, 0.15) is 11.7 Å². The maximum absolute atomic E-state index is 12.7. The van der Waals surface area contributed by atoms with E-state index in [0.29, 0.717) is 32.7 Å². The van der Waals surface area contributed by atoms with Gasteiger partial charge in [0.2, 0.25) is 5.91 Å². The number of rotatable bonds is 6. The number of carbonyl (C=O) groups excluding carboxylic acids is 1. The zero-order chi connectivity index (χ0) is 17.8. The van der Waals surface area contributed by atoms with Crippen molar-refractivity contribution in [2.75, 3.05) is 19.7 Å². The summed E-state index contributed by atoms with van der Waals surface area (Å²) in [6, 6.07) is 10.2. The van der Waals surface area contributed by atoms with Crippen molar-refractivity contribution >= 4 is 5.91 Å². The van der Waals surface area contributed by atoms with Crippen molar-refractivity contribution in [2.45, 2.75) is 44.1 Å². The Morgan fingerprint density at radius 3 is 2.96 bits per heavy atom. The molecule has 3 heterocycles. The van der Waals surface area contributed by atoms with Gasteiger partial charge >= 0.3 is 0 Å². The molecule has 1 aromatic heterocycles. The van der Waals surface area contributed by atoms with Gasteiger partial charge in [0.25, 0.3) is 0 Å². The fourth-order valence-electron chi connectivity index (χ4n) is 3.92. The molecule has 2 aliphatic heterocycles. The lowest BCUT2D eigenvalue weighted by atomic mass is 9.96. The number of hydrogen-bond acceptors (Lipinski definition) is 4. The summed E-state index contributed by atoms with van der Waals surface area (Å²) in [5.41, 5.74) is 0.810. The van der Waals surface area contributed by atoms with Gasteiger partial charge in [-0.1, -0.05) is 30.3 Å². The fraction of sp³-hybridized carbons (Fsp3) is 0.500. The van der Waals surface area contributed by atoms with Crippen LogP contribution in [0.25, 0.3) is 0 Å². The van der Waals surface area contributed by atoms with E-state index in [-0.39, 0.29) is 17.6 Å². The molecular weight excluding hydrogens is 330 g/mol. The maximum Gasteiger partial charge on any atom is 0.224 e. The Kier molecular flexibility index (Phi) is 5.04. The molecule has 1 spiro atoms. The average molecular weight is 355 g/mol. The smallest absolute Gasteiger partial charge is 0.224 e. The number of hydrogen-bond donors (Lipinski definition) is 0. The summed E-state index contributed by atoms with van der Waals surface area (Å²) in [5, 5.41) is 0. The first-order chi connectivity index (χ1) is 12.8. The van der Waals surface area contributed by atoms with Crippen molar-refractivity contribution in [3.63, 3.8) is 0 Å². The van der Waals surface area contributed by atoms with E-state index >= 15 is 0 Å². The van der Waals surface area contributed by atoms with Gasteiger partial charge in [0.15, 0.2) is 0 Å². The van der Waals surface area contributed by atoms with E-state index in [1.807, 2.05) is 33.9 Å². The van der Waals surface area contributed by atoms with Crippen molar-refractivity contribution in [3.8, 4) is 0 Å². The van der Waals surface area contributed by atoms with Crippen LogP contribution >= 0.6 is 0 Å². The van der Waals surface area contributed by atoms with E-state index < -0.39 is 0 Å². The first-order valence-electron chi connectivity index (χ1n) is 9.28. The number of ether oxygens (including phenoxy) is 2. The molecule has 2 saturated heterocycles. The van der Waals surface area contributed by atoms with Crippen LogP contribution in [0.15, 0.2) is 49.1 Å². The molecule has 1 aromatic carbocycles. The van der Waals surface area contributed by atoms with Crippen LogP contribution in [0.5, 0.6) is 0 Å². The monoisotopic (exact) mass is 355 g/mol. The highest BCUT2D eigenvalue weighted by atomic mass is 16.6. The zero-order valence-corrected chi connectivity index (χ0v) is 14.9. The quantitative estimate of drug-likeness (QED) is 0.797. The summed E-state index contributed by atoms with van der Waals surface area (Å²) >= 11 is 0. The van der Waals surface area contributed by atoms with Crippen LogP contribution in [0.3, 0.4) is 0 Å². The van der Waals surface area contributed by atoms with Gasteiger partial charge in [-0.05, 0) is 18.4 Å². The molecule has 138 valence electrons. The predicted octanol–water partition coefficient (Wildman–Crippen LogP) is 2.25. The van der Waals surface area contributed by atoms with E-state index in [0.717, 1.165) is 25.0 Å². The summed E-state index contributed by atoms with van der Waals surface area (Å²) in [4.78, 5) is 18.6. The highest BCUT2D eigenvalue weighted by Crippen LogP contribution is 2.37. The largest absolute Gasteiger partial charge is 0.370 e. The number of nitrogens with zero attached hydrogens (tertiary/aromatic N) is 3. The Bertz CT molecular complexity index is 711. The Hall–Kier alpha value is -2.18. The summed E-state index contributed by atoms with van der Waals surface area (Å²) < 4.78 is 14.3. The summed E-state index contributed by atoms with van der Waals surface area (Å²) in [6.07, 6.45) is 7.74. The molecule has 0 saturated carbocycles. The molecule has 0 radical (unpaired) electrons. The van der Waals surface area contributed by atoms with Crippen molar-refractivity contribution < 1.29 is 14.3 Å². The van der Waals surface area contributed by atoms with Crippen molar-refractivity contribution in [2.24, 2.45) is 0 Å². The second-order valence-electron chi connectivity index (χ2n) is 7.13. The molecule has 0 bridgehead atoms. The molecule has 2 aromatic rings. The van der Waals surface area contributed by atoms with E-state index in [2.05, 4.69) is 17.1 Å². The summed E-state index contributed by atoms with van der Waals surface area (Å²) in [5.74, 6) is 0.152. The van der Waals surface area contributed by atoms with Gasteiger partial charge < -0.3 is 18.9 Å². The lowest BCUT2D eigenvalue weighted by molar-refractivity contribution is -0.131. The van der Waals surface area contributed by atoms with E-state index in [4.69, 9.17) is 9.47 Å². The molecule has 2 atom stereocenters. The second kappa shape index (κ2) is 7.60. The summed E-state index contributed by atoms with van der Waals surface area (Å²) in [7, 11) is 0. The van der Waals surface area contributed by atoms with Gasteiger partial charge in [-0.15, -0.1) is 0 Å². The molecule has 6 heteroatoms. The zero-order valence-electron chi connectivity index (χ0n) is 14.9. The Balaban J connectivity index is 1.38. The first kappa shape index (κ1) is 17.2. The molecule has 0 aliphatic carbocycles. The Morgan fingerprint density at radius 1 is 1.35 bits per heavy atom. The average Bonchev–Trinajstić information content (AvgIpc) is 3.42. The predicted molar refractivity (Wildman–Crippen MR) is 96.4 cm³/mol. The highest BCUT2D eigenvalue weighted by Gasteiger charge is 2.51. The molecule has 0 unspecified atom stereocenters. The molecular formula is C20H25N3O3. The number of amides is 1. The number of likely N-dealkylation sites (tertiary alicyclic amines) is 1. The standard InChI is InChI=1S/C20H25N3O3/c24-19(7-10-22-11-9-21-16-22)23-13-18(20(15-23)8-4-12-26-20)25-14-17-5-2-1-3-6-17/h1-3,5-6,9,11,16,18H,4,7-8,10,12-15H2/t18-,20-/m0/s1. The third kappa shape index (κ3) is 3.66. The number of aryl methyl sites for hydroxylation is 1. The lowest BCUT2D eigenvalue weighted by Gasteiger charge is -2.28. The second-order valence-corrected chi connectivity index (χ2v) is 7.13. The number of aromatic nitrogens is 2. The topological polar surface area (TPSA) is 56.6 Å². The van der Waals surface area contributed by atoms with Crippen LogP contribution in [-0.4, -0.2) is 51.8 Å². The van der Waals surface area contributed by atoms with Crippen molar-refractivity contribution in [3.05, 3.63) is 54.6 Å². The van der Waals surface area contributed by atoms with Gasteiger partial charge in [-0.25, -0.2) is 4.98 Å². The number of benzene rings is 1. The van der Waals surface area contributed by atoms with E-state index in [1.165, 1.54) is 0 Å². The minimum atomic E-state index is -0.334. The van der Waals surface area contributed by atoms with Gasteiger partial charge in [-0.3, -0.25) is 4.79 Å². The van der Waals surface area contributed by atoms with Gasteiger partial charge in [-0.2, -0.15) is 0 Å². The normalized spacial score (nSPS) is 25.2. The lowest BCUT2D eigenvalue weighted by Crippen LogP contribution is -2.42. The molecule has 2 aliphatic rings. The van der Waals surface area contributed by atoms with Gasteiger partial charge in [0, 0.05) is 38.5 Å². The van der Waals surface area contributed by atoms with Crippen molar-refractivity contribution in [1.29, 1.82) is 0 Å². The maximum atomic E-state index is 12.7. The van der Waals surface area contributed by atoms with Crippen LogP contribution in [0, 0.1) is 0 Å². The third-order valence-corrected chi connectivity index (χ3v) is 5.36. The fourth-order valence-corrected chi connectivity index (χ4v) is 3.92. The molecule has 0 N–H and O–H groups in total. The van der Waals surface area contributed by atoms with Gasteiger partial charge in [0.05, 0.1) is 19.5 Å². The van der Waals surface area contributed by atoms with Crippen LogP contribution in [0.2, 0.25) is 0 Å². The van der Waals surface area contributed by atoms with E-state index in [9.17, 15) is 4.79 Å². The minimum Gasteiger partial charge on any atom is -0.370 e. The Labute approximate surface area is 153 Å². The number of carbonyl (C=O) groups is 1. The molecule has 1 amide bonds. The van der Waals surface area contributed by atoms with Crippen LogP contribution in [0.4, 0.5) is 0 Å². The van der Waals surface area contributed by atoms with Crippen LogP contribution in [-0.2, 0) is 27.4 Å². The molecule has 2 fully saturated rings. The third-order valence-electron chi connectivity index (χ3n) is 5.36. The minimum absolute atomic E-state index is 0.0672. The molecule has 26 heavy (non-hydrogen) atoms. The highest BCUT2D eigenvalue weighted by molar-refractivity contribution is 5.76. The van der Waals surface area contributed by atoms with Crippen molar-refractivity contribution in [1.82, 2.24) is 14.5 Å². The van der Waals surface area contributed by atoms with Crippen LogP contribution in [0.1, 0.15) is 24.8 Å². The summed E-state index contributed by atoms with van der Waals surface area (Å²) in [6.45, 7) is 3.19. The molecule has 6 nitrogen and oxygen atoms in total. The first-order valence-corrected chi connectivity index (χ1v) is 9.28. The number of imidazole rings is 1. The SMILES string of the molecule is O=C(CCn1ccnc1)N1C[C@H](OCc2ccccc2)[C@]2(CCCO2)C1. The molecule has 4 rings (SSSR count).